The van der Waals surface area contributed by atoms with Crippen molar-refractivity contribution in [3.63, 3.8) is 0 Å². The molecule has 1 amide bonds. The smallest absolute Gasteiger partial charge is 0.347 e. The Labute approximate surface area is 157 Å². The van der Waals surface area contributed by atoms with Gasteiger partial charge in [-0.3, -0.25) is 4.79 Å². The second kappa shape index (κ2) is 7.92. The maximum Gasteiger partial charge on any atom is 0.347 e. The fourth-order valence-corrected chi connectivity index (χ4v) is 3.13. The first kappa shape index (κ1) is 18.5. The van der Waals surface area contributed by atoms with Crippen LogP contribution in [0.3, 0.4) is 0 Å². The van der Waals surface area contributed by atoms with Gasteiger partial charge in [-0.1, -0.05) is 18.2 Å². The second-order valence-electron chi connectivity index (χ2n) is 6.45. The SMILES string of the molecule is C[C@@H](Oc1ccc(C#N)cc1)C(=O)OCC(=O)N1c2ccccc2C[C@@H]1C. The minimum Gasteiger partial charge on any atom is -0.479 e. The number of benzene rings is 2. The number of anilines is 1. The third kappa shape index (κ3) is 4.09. The highest BCUT2D eigenvalue weighted by atomic mass is 16.6. The maximum absolute atomic E-state index is 12.6. The quantitative estimate of drug-likeness (QED) is 0.762. The molecule has 0 spiro atoms. The van der Waals surface area contributed by atoms with Gasteiger partial charge < -0.3 is 14.4 Å². The number of ether oxygens (including phenoxy) is 2. The molecule has 0 fully saturated rings. The van der Waals surface area contributed by atoms with Gasteiger partial charge in [0.05, 0.1) is 11.6 Å². The highest BCUT2D eigenvalue weighted by molar-refractivity contribution is 5.97. The highest BCUT2D eigenvalue weighted by Gasteiger charge is 2.31. The Morgan fingerprint density at radius 1 is 1.22 bits per heavy atom. The number of nitriles is 1. The third-order valence-electron chi connectivity index (χ3n) is 4.44. The number of esters is 1. The van der Waals surface area contributed by atoms with Crippen LogP contribution in [0.25, 0.3) is 0 Å². The highest BCUT2D eigenvalue weighted by Crippen LogP contribution is 2.31. The Hall–Kier alpha value is -3.33. The van der Waals surface area contributed by atoms with Crippen LogP contribution < -0.4 is 9.64 Å². The number of fused-ring (bicyclic) bond motifs is 1. The normalized spacial score (nSPS) is 16.2. The molecule has 0 N–H and O–H groups in total. The molecule has 6 heteroatoms. The van der Waals surface area contributed by atoms with Crippen LogP contribution in [0, 0.1) is 11.3 Å². The van der Waals surface area contributed by atoms with E-state index in [2.05, 4.69) is 0 Å². The van der Waals surface area contributed by atoms with Crippen LogP contribution in [0.15, 0.2) is 48.5 Å². The Morgan fingerprint density at radius 3 is 2.63 bits per heavy atom. The first-order valence-corrected chi connectivity index (χ1v) is 8.73. The average Bonchev–Trinajstić information content (AvgIpc) is 3.02. The van der Waals surface area contributed by atoms with E-state index in [1.165, 1.54) is 0 Å². The van der Waals surface area contributed by atoms with Crippen molar-refractivity contribution in [3.05, 3.63) is 59.7 Å². The lowest BCUT2D eigenvalue weighted by Gasteiger charge is -2.23. The summed E-state index contributed by atoms with van der Waals surface area (Å²) >= 11 is 0. The summed E-state index contributed by atoms with van der Waals surface area (Å²) in [5.74, 6) is -0.425. The van der Waals surface area contributed by atoms with Crippen molar-refractivity contribution in [2.24, 2.45) is 0 Å². The minimum absolute atomic E-state index is 0.0286. The molecule has 2 aromatic rings. The first-order valence-electron chi connectivity index (χ1n) is 8.73. The Kier molecular flexibility index (Phi) is 5.41. The Morgan fingerprint density at radius 2 is 1.93 bits per heavy atom. The molecular formula is C21H20N2O4. The van der Waals surface area contributed by atoms with E-state index in [4.69, 9.17) is 14.7 Å². The number of hydrogen-bond acceptors (Lipinski definition) is 5. The van der Waals surface area contributed by atoms with Crippen molar-refractivity contribution in [2.45, 2.75) is 32.4 Å². The summed E-state index contributed by atoms with van der Waals surface area (Å²) < 4.78 is 10.7. The molecule has 27 heavy (non-hydrogen) atoms. The third-order valence-corrected chi connectivity index (χ3v) is 4.44. The van der Waals surface area contributed by atoms with Crippen molar-refractivity contribution < 1.29 is 19.1 Å². The zero-order valence-electron chi connectivity index (χ0n) is 15.2. The number of carbonyl (C=O) groups is 2. The van der Waals surface area contributed by atoms with E-state index < -0.39 is 12.1 Å². The topological polar surface area (TPSA) is 79.6 Å². The van der Waals surface area contributed by atoms with Crippen molar-refractivity contribution in [3.8, 4) is 11.8 Å². The van der Waals surface area contributed by atoms with Crippen LogP contribution in [-0.2, 0) is 20.7 Å². The van der Waals surface area contributed by atoms with Gasteiger partial charge in [0, 0.05) is 11.7 Å². The van der Waals surface area contributed by atoms with Gasteiger partial charge in [0.15, 0.2) is 12.7 Å². The summed E-state index contributed by atoms with van der Waals surface area (Å²) in [5.41, 5.74) is 2.48. The zero-order chi connectivity index (χ0) is 19.4. The van der Waals surface area contributed by atoms with E-state index in [0.29, 0.717) is 11.3 Å². The van der Waals surface area contributed by atoms with E-state index >= 15 is 0 Å². The molecule has 0 radical (unpaired) electrons. The van der Waals surface area contributed by atoms with Gasteiger partial charge in [-0.05, 0) is 56.2 Å². The molecule has 6 nitrogen and oxygen atoms in total. The summed E-state index contributed by atoms with van der Waals surface area (Å²) in [6.45, 7) is 3.19. The molecule has 1 aliphatic rings. The number of hydrogen-bond donors (Lipinski definition) is 0. The van der Waals surface area contributed by atoms with E-state index in [-0.39, 0.29) is 18.6 Å². The van der Waals surface area contributed by atoms with Crippen LogP contribution in [0.1, 0.15) is 25.0 Å². The van der Waals surface area contributed by atoms with Gasteiger partial charge in [0.1, 0.15) is 5.75 Å². The van der Waals surface area contributed by atoms with Crippen molar-refractivity contribution >= 4 is 17.6 Å². The molecule has 1 heterocycles. The second-order valence-corrected chi connectivity index (χ2v) is 6.45. The van der Waals surface area contributed by atoms with Gasteiger partial charge in [-0.25, -0.2) is 4.79 Å². The predicted octanol–water partition coefficient (Wildman–Crippen LogP) is 2.85. The molecule has 0 saturated carbocycles. The first-order chi connectivity index (χ1) is 13.0. The number of rotatable bonds is 5. The molecule has 2 aromatic carbocycles. The van der Waals surface area contributed by atoms with E-state index in [1.807, 2.05) is 37.3 Å². The van der Waals surface area contributed by atoms with Crippen LogP contribution in [0.5, 0.6) is 5.75 Å². The monoisotopic (exact) mass is 364 g/mol. The molecule has 3 rings (SSSR count). The zero-order valence-corrected chi connectivity index (χ0v) is 15.2. The van der Waals surface area contributed by atoms with Gasteiger partial charge in [-0.2, -0.15) is 5.26 Å². The van der Waals surface area contributed by atoms with Gasteiger partial charge in [-0.15, -0.1) is 0 Å². The lowest BCUT2D eigenvalue weighted by Crippen LogP contribution is -2.39. The number of carbonyl (C=O) groups excluding carboxylic acids is 2. The number of para-hydroxylation sites is 1. The van der Waals surface area contributed by atoms with Crippen LogP contribution >= 0.6 is 0 Å². The Bertz CT molecular complexity index is 886. The molecule has 0 aromatic heterocycles. The molecule has 0 bridgehead atoms. The molecule has 138 valence electrons. The summed E-state index contributed by atoms with van der Waals surface area (Å²) in [6, 6.07) is 16.2. The molecule has 0 aliphatic carbocycles. The largest absolute Gasteiger partial charge is 0.479 e. The standard InChI is InChI=1S/C21H20N2O4/c1-14-11-17-5-3-4-6-19(17)23(14)20(24)13-26-21(25)15(2)27-18-9-7-16(12-22)8-10-18/h3-10,14-15H,11,13H2,1-2H3/t14-,15+/m0/s1. The van der Waals surface area contributed by atoms with Crippen molar-refractivity contribution in [1.82, 2.24) is 0 Å². The summed E-state index contributed by atoms with van der Waals surface area (Å²) in [6.07, 6.45) is -0.0809. The van der Waals surface area contributed by atoms with Crippen molar-refractivity contribution in [2.75, 3.05) is 11.5 Å². The summed E-state index contributed by atoms with van der Waals surface area (Å²) in [7, 11) is 0. The van der Waals surface area contributed by atoms with Gasteiger partial charge in [0.25, 0.3) is 5.91 Å². The molecule has 0 unspecified atom stereocenters. The number of nitrogens with zero attached hydrogens (tertiary/aromatic N) is 2. The molecule has 0 saturated heterocycles. The molecule has 1 aliphatic heterocycles. The number of amides is 1. The maximum atomic E-state index is 12.6. The van der Waals surface area contributed by atoms with E-state index in [0.717, 1.165) is 17.7 Å². The van der Waals surface area contributed by atoms with Gasteiger partial charge >= 0.3 is 5.97 Å². The predicted molar refractivity (Wildman–Crippen MR) is 99.3 cm³/mol. The molecular weight excluding hydrogens is 344 g/mol. The van der Waals surface area contributed by atoms with Crippen molar-refractivity contribution in [1.29, 1.82) is 5.26 Å². The summed E-state index contributed by atoms with van der Waals surface area (Å²) in [4.78, 5) is 26.4. The summed E-state index contributed by atoms with van der Waals surface area (Å²) in [5, 5.41) is 8.79. The lowest BCUT2D eigenvalue weighted by atomic mass is 10.1. The average molecular weight is 364 g/mol. The van der Waals surface area contributed by atoms with Gasteiger partial charge in [0.2, 0.25) is 0 Å². The van der Waals surface area contributed by atoms with E-state index in [9.17, 15) is 9.59 Å². The van der Waals surface area contributed by atoms with Crippen LogP contribution in [0.2, 0.25) is 0 Å². The van der Waals surface area contributed by atoms with E-state index in [1.54, 1.807) is 36.1 Å². The minimum atomic E-state index is -0.867. The van der Waals surface area contributed by atoms with Crippen LogP contribution in [0.4, 0.5) is 5.69 Å². The molecule has 2 atom stereocenters. The fourth-order valence-electron chi connectivity index (χ4n) is 3.13. The Balaban J connectivity index is 1.55. The lowest BCUT2D eigenvalue weighted by molar-refractivity contribution is -0.154. The van der Waals surface area contributed by atoms with Crippen LogP contribution in [-0.4, -0.2) is 30.6 Å². The fraction of sp³-hybridized carbons (Fsp3) is 0.286.